The third-order valence-corrected chi connectivity index (χ3v) is 5.46. The van der Waals surface area contributed by atoms with Crippen molar-refractivity contribution >= 4 is 5.91 Å². The number of nitrogens with one attached hydrogen (secondary N) is 1. The number of amides is 1. The van der Waals surface area contributed by atoms with Crippen LogP contribution in [-0.2, 0) is 11.3 Å². The number of likely N-dealkylation sites (tertiary alicyclic amines) is 1. The Hall–Kier alpha value is -2.20. The summed E-state index contributed by atoms with van der Waals surface area (Å²) in [4.78, 5) is 14.6. The summed E-state index contributed by atoms with van der Waals surface area (Å²) in [5, 5.41) is 3.13. The molecule has 0 aromatic heterocycles. The van der Waals surface area contributed by atoms with Gasteiger partial charge in [-0.2, -0.15) is 0 Å². The smallest absolute Gasteiger partial charge is 0.223 e. The highest BCUT2D eigenvalue weighted by Gasteiger charge is 2.30. The zero-order valence-electron chi connectivity index (χ0n) is 15.0. The first-order valence-electron chi connectivity index (χ1n) is 9.56. The summed E-state index contributed by atoms with van der Waals surface area (Å²) in [5.74, 6) is 0.197. The molecule has 4 heteroatoms. The fraction of sp³-hybridized carbons (Fsp3) is 0.409. The topological polar surface area (TPSA) is 32.3 Å². The Morgan fingerprint density at radius 3 is 2.31 bits per heavy atom. The van der Waals surface area contributed by atoms with Crippen LogP contribution in [0.4, 0.5) is 4.39 Å². The molecule has 1 aliphatic carbocycles. The van der Waals surface area contributed by atoms with Crippen LogP contribution in [0, 0.1) is 11.7 Å². The molecule has 0 bridgehead atoms. The summed E-state index contributed by atoms with van der Waals surface area (Å²) < 4.78 is 14.2. The van der Waals surface area contributed by atoms with E-state index in [4.69, 9.17) is 0 Å². The normalized spacial score (nSPS) is 18.7. The Balaban J connectivity index is 1.41. The van der Waals surface area contributed by atoms with Gasteiger partial charge in [-0.3, -0.25) is 9.69 Å². The lowest BCUT2D eigenvalue weighted by Crippen LogP contribution is -2.40. The average Bonchev–Trinajstić information content (AvgIpc) is 3.47. The van der Waals surface area contributed by atoms with Gasteiger partial charge < -0.3 is 5.32 Å². The zero-order chi connectivity index (χ0) is 17.9. The molecule has 0 radical (unpaired) electrons. The molecule has 1 amide bonds. The van der Waals surface area contributed by atoms with Gasteiger partial charge in [0.1, 0.15) is 5.82 Å². The van der Waals surface area contributed by atoms with Crippen LogP contribution in [0.15, 0.2) is 48.5 Å². The molecular weight excluding hydrogens is 327 g/mol. The van der Waals surface area contributed by atoms with Crippen molar-refractivity contribution in [2.75, 3.05) is 13.1 Å². The number of halogens is 1. The van der Waals surface area contributed by atoms with Crippen molar-refractivity contribution in [2.24, 2.45) is 5.92 Å². The molecule has 1 saturated heterocycles. The number of piperidine rings is 1. The van der Waals surface area contributed by atoms with Gasteiger partial charge in [0.05, 0.1) is 0 Å². The van der Waals surface area contributed by atoms with Crippen LogP contribution in [0.5, 0.6) is 0 Å². The van der Waals surface area contributed by atoms with E-state index in [1.807, 2.05) is 30.3 Å². The predicted molar refractivity (Wildman–Crippen MR) is 101 cm³/mol. The van der Waals surface area contributed by atoms with E-state index in [1.165, 1.54) is 6.07 Å². The lowest BCUT2D eigenvalue weighted by atomic mass is 9.94. The lowest BCUT2D eigenvalue weighted by Gasteiger charge is -2.31. The maximum absolute atomic E-state index is 14.2. The number of rotatable bonds is 5. The quantitative estimate of drug-likeness (QED) is 0.883. The average molecular weight is 352 g/mol. The highest BCUT2D eigenvalue weighted by Crippen LogP contribution is 2.29. The summed E-state index contributed by atoms with van der Waals surface area (Å²) in [6, 6.07) is 15.4. The Labute approximate surface area is 154 Å². The third kappa shape index (κ3) is 3.96. The minimum Gasteiger partial charge on any atom is -0.353 e. The summed E-state index contributed by atoms with van der Waals surface area (Å²) >= 11 is 0. The van der Waals surface area contributed by atoms with Gasteiger partial charge in [0.15, 0.2) is 0 Å². The van der Waals surface area contributed by atoms with E-state index in [9.17, 15) is 9.18 Å². The molecule has 1 heterocycles. The number of carbonyl (C=O) groups excluding carboxylic acids is 1. The molecule has 4 rings (SSSR count). The molecular formula is C22H25FN2O. The van der Waals surface area contributed by atoms with Crippen LogP contribution >= 0.6 is 0 Å². The molecule has 1 N–H and O–H groups in total. The molecule has 1 saturated carbocycles. The molecule has 0 spiro atoms. The molecule has 0 unspecified atom stereocenters. The predicted octanol–water partition coefficient (Wildman–Crippen LogP) is 3.98. The van der Waals surface area contributed by atoms with Crippen LogP contribution in [0.25, 0.3) is 11.1 Å². The second-order valence-electron chi connectivity index (χ2n) is 7.47. The summed E-state index contributed by atoms with van der Waals surface area (Å²) in [6.07, 6.45) is 4.08. The highest BCUT2D eigenvalue weighted by atomic mass is 19.1. The van der Waals surface area contributed by atoms with Crippen LogP contribution in [-0.4, -0.2) is 29.9 Å². The number of hydrogen-bond acceptors (Lipinski definition) is 2. The standard InChI is InChI=1S/C22H25FN2O/c23-21-8-4-3-7-20(21)19-6-2-1-5-17(19)15-25-13-11-16(12-14-25)22(26)24-18-9-10-18/h1-8,16,18H,9-15H2,(H,24,26). The second-order valence-corrected chi connectivity index (χ2v) is 7.47. The van der Waals surface area contributed by atoms with Gasteiger partial charge >= 0.3 is 0 Å². The molecule has 2 fully saturated rings. The lowest BCUT2D eigenvalue weighted by molar-refractivity contribution is -0.126. The zero-order valence-corrected chi connectivity index (χ0v) is 15.0. The molecule has 2 aliphatic rings. The van der Waals surface area contributed by atoms with Crippen molar-refractivity contribution < 1.29 is 9.18 Å². The van der Waals surface area contributed by atoms with Crippen molar-refractivity contribution in [2.45, 2.75) is 38.3 Å². The minimum atomic E-state index is -0.185. The first-order chi connectivity index (χ1) is 12.7. The maximum Gasteiger partial charge on any atom is 0.223 e. The van der Waals surface area contributed by atoms with Gasteiger partial charge in [0.25, 0.3) is 0 Å². The van der Waals surface area contributed by atoms with Crippen molar-refractivity contribution in [3.05, 3.63) is 59.9 Å². The van der Waals surface area contributed by atoms with E-state index in [-0.39, 0.29) is 17.6 Å². The monoisotopic (exact) mass is 352 g/mol. The molecule has 2 aromatic carbocycles. The number of benzene rings is 2. The van der Waals surface area contributed by atoms with E-state index >= 15 is 0 Å². The van der Waals surface area contributed by atoms with Crippen molar-refractivity contribution in [1.29, 1.82) is 0 Å². The number of hydrogen-bond donors (Lipinski definition) is 1. The Kier molecular flexibility index (Phi) is 5.02. The Morgan fingerprint density at radius 2 is 1.62 bits per heavy atom. The second kappa shape index (κ2) is 7.58. The number of nitrogens with zero attached hydrogens (tertiary/aromatic N) is 1. The third-order valence-electron chi connectivity index (χ3n) is 5.46. The highest BCUT2D eigenvalue weighted by molar-refractivity contribution is 5.79. The van der Waals surface area contributed by atoms with E-state index in [0.29, 0.717) is 11.6 Å². The van der Waals surface area contributed by atoms with Crippen molar-refractivity contribution in [3.8, 4) is 11.1 Å². The van der Waals surface area contributed by atoms with Crippen LogP contribution in [0.3, 0.4) is 0 Å². The molecule has 136 valence electrons. The summed E-state index contributed by atoms with van der Waals surface area (Å²) in [6.45, 7) is 2.62. The largest absolute Gasteiger partial charge is 0.353 e. The minimum absolute atomic E-state index is 0.147. The summed E-state index contributed by atoms with van der Waals surface area (Å²) in [7, 11) is 0. The van der Waals surface area contributed by atoms with Crippen molar-refractivity contribution in [3.63, 3.8) is 0 Å². The molecule has 3 nitrogen and oxygen atoms in total. The fourth-order valence-electron chi connectivity index (χ4n) is 3.74. The van der Waals surface area contributed by atoms with Gasteiger partial charge in [0.2, 0.25) is 5.91 Å². The van der Waals surface area contributed by atoms with Gasteiger partial charge in [-0.25, -0.2) is 4.39 Å². The number of carbonyl (C=O) groups is 1. The van der Waals surface area contributed by atoms with Gasteiger partial charge in [-0.1, -0.05) is 42.5 Å². The van der Waals surface area contributed by atoms with Crippen LogP contribution < -0.4 is 5.32 Å². The fourth-order valence-corrected chi connectivity index (χ4v) is 3.74. The molecule has 0 atom stereocenters. The van der Waals surface area contributed by atoms with Gasteiger partial charge in [-0.05, 0) is 56.0 Å². The van der Waals surface area contributed by atoms with E-state index in [2.05, 4.69) is 16.3 Å². The summed E-state index contributed by atoms with van der Waals surface area (Å²) in [5.41, 5.74) is 2.75. The SMILES string of the molecule is O=C(NC1CC1)C1CCN(Cc2ccccc2-c2ccccc2F)CC1. The Morgan fingerprint density at radius 1 is 0.962 bits per heavy atom. The van der Waals surface area contributed by atoms with E-state index in [0.717, 1.165) is 56.4 Å². The molecule has 2 aromatic rings. The van der Waals surface area contributed by atoms with Crippen molar-refractivity contribution in [1.82, 2.24) is 10.2 Å². The first-order valence-corrected chi connectivity index (χ1v) is 9.56. The Bertz CT molecular complexity index is 779. The first kappa shape index (κ1) is 17.2. The van der Waals surface area contributed by atoms with Crippen LogP contribution in [0.2, 0.25) is 0 Å². The molecule has 26 heavy (non-hydrogen) atoms. The maximum atomic E-state index is 14.2. The van der Waals surface area contributed by atoms with Gasteiger partial charge in [0, 0.05) is 24.1 Å². The van der Waals surface area contributed by atoms with E-state index < -0.39 is 0 Å². The van der Waals surface area contributed by atoms with Crippen LogP contribution in [0.1, 0.15) is 31.2 Å². The molecule has 1 aliphatic heterocycles. The van der Waals surface area contributed by atoms with E-state index in [1.54, 1.807) is 6.07 Å². The van der Waals surface area contributed by atoms with Gasteiger partial charge in [-0.15, -0.1) is 0 Å².